The number of rotatable bonds is 6. The van der Waals surface area contributed by atoms with E-state index in [9.17, 15) is 18.0 Å². The standard InChI is InChI=1S/C17H24F3N3O3/c1-11-9-12(6-8-21-11)23-15(24)16(2,3)10-25-14-13(5-4-7-22-14)26-17(18,19)20/h4-5,7,11-12,21H,6,8-10H2,1-3H3,(H,23,24)/t11-,12-/m1/s1. The minimum Gasteiger partial charge on any atom is -0.474 e. The summed E-state index contributed by atoms with van der Waals surface area (Å²) < 4.78 is 46.6. The number of hydrogen-bond acceptors (Lipinski definition) is 5. The van der Waals surface area contributed by atoms with Gasteiger partial charge in [-0.3, -0.25) is 4.79 Å². The molecule has 1 fully saturated rings. The summed E-state index contributed by atoms with van der Waals surface area (Å²) in [5, 5.41) is 6.29. The van der Waals surface area contributed by atoms with Crippen LogP contribution in [-0.2, 0) is 4.79 Å². The quantitative estimate of drug-likeness (QED) is 0.800. The number of ether oxygens (including phenoxy) is 2. The lowest BCUT2D eigenvalue weighted by molar-refractivity contribution is -0.275. The number of alkyl halides is 3. The number of piperidine rings is 1. The third-order valence-corrected chi connectivity index (χ3v) is 4.11. The van der Waals surface area contributed by atoms with E-state index >= 15 is 0 Å². The van der Waals surface area contributed by atoms with Crippen LogP contribution in [0.15, 0.2) is 18.3 Å². The summed E-state index contributed by atoms with van der Waals surface area (Å²) in [5.74, 6) is -1.06. The Morgan fingerprint density at radius 3 is 2.81 bits per heavy atom. The average Bonchev–Trinajstić information content (AvgIpc) is 2.52. The van der Waals surface area contributed by atoms with Crippen LogP contribution < -0.4 is 20.1 Å². The summed E-state index contributed by atoms with van der Waals surface area (Å²) >= 11 is 0. The molecule has 1 aliphatic rings. The second-order valence-corrected chi connectivity index (χ2v) is 7.08. The van der Waals surface area contributed by atoms with Crippen molar-refractivity contribution in [3.8, 4) is 11.6 Å². The predicted molar refractivity (Wildman–Crippen MR) is 88.8 cm³/mol. The van der Waals surface area contributed by atoms with Crippen LogP contribution in [-0.4, -0.2) is 42.5 Å². The number of pyridine rings is 1. The zero-order valence-corrected chi connectivity index (χ0v) is 15.0. The maximum absolute atomic E-state index is 12.5. The topological polar surface area (TPSA) is 72.5 Å². The van der Waals surface area contributed by atoms with Crippen LogP contribution in [0.4, 0.5) is 13.2 Å². The third kappa shape index (κ3) is 6.05. The Labute approximate surface area is 150 Å². The Hall–Kier alpha value is -2.03. The molecule has 0 aliphatic carbocycles. The van der Waals surface area contributed by atoms with Gasteiger partial charge in [-0.2, -0.15) is 0 Å². The molecule has 0 spiro atoms. The maximum atomic E-state index is 12.5. The van der Waals surface area contributed by atoms with Gasteiger partial charge in [0.15, 0.2) is 5.75 Å². The number of hydrogen-bond donors (Lipinski definition) is 2. The summed E-state index contributed by atoms with van der Waals surface area (Å²) in [7, 11) is 0. The molecule has 1 aromatic rings. The first-order chi connectivity index (χ1) is 12.1. The van der Waals surface area contributed by atoms with Crippen LogP contribution in [0, 0.1) is 5.41 Å². The van der Waals surface area contributed by atoms with Gasteiger partial charge in [-0.25, -0.2) is 4.98 Å². The molecule has 0 radical (unpaired) electrons. The fourth-order valence-corrected chi connectivity index (χ4v) is 2.64. The van der Waals surface area contributed by atoms with Gasteiger partial charge in [0.05, 0.1) is 5.41 Å². The number of carbonyl (C=O) groups is 1. The van der Waals surface area contributed by atoms with E-state index in [1.807, 2.05) is 0 Å². The van der Waals surface area contributed by atoms with Crippen molar-refractivity contribution in [3.63, 3.8) is 0 Å². The Balaban J connectivity index is 1.96. The van der Waals surface area contributed by atoms with Gasteiger partial charge in [0, 0.05) is 18.3 Å². The van der Waals surface area contributed by atoms with E-state index < -0.39 is 17.5 Å². The summed E-state index contributed by atoms with van der Waals surface area (Å²) in [4.78, 5) is 16.3. The smallest absolute Gasteiger partial charge is 0.474 e. The Kier molecular flexibility index (Phi) is 6.33. The Morgan fingerprint density at radius 2 is 2.15 bits per heavy atom. The van der Waals surface area contributed by atoms with Crippen LogP contribution in [0.3, 0.4) is 0 Å². The van der Waals surface area contributed by atoms with Gasteiger partial charge in [0.2, 0.25) is 5.91 Å². The van der Waals surface area contributed by atoms with Gasteiger partial charge in [-0.15, -0.1) is 13.2 Å². The van der Waals surface area contributed by atoms with Crippen molar-refractivity contribution < 1.29 is 27.4 Å². The first-order valence-corrected chi connectivity index (χ1v) is 8.45. The molecular weight excluding hydrogens is 351 g/mol. The van der Waals surface area contributed by atoms with Crippen molar-refractivity contribution in [1.82, 2.24) is 15.6 Å². The molecule has 6 nitrogen and oxygen atoms in total. The van der Waals surface area contributed by atoms with Gasteiger partial charge >= 0.3 is 6.36 Å². The first-order valence-electron chi connectivity index (χ1n) is 8.45. The van der Waals surface area contributed by atoms with Crippen molar-refractivity contribution in [1.29, 1.82) is 0 Å². The van der Waals surface area contributed by atoms with Crippen LogP contribution in [0.5, 0.6) is 11.6 Å². The largest absolute Gasteiger partial charge is 0.573 e. The van der Waals surface area contributed by atoms with E-state index in [0.29, 0.717) is 6.04 Å². The second-order valence-electron chi connectivity index (χ2n) is 7.08. The van der Waals surface area contributed by atoms with Crippen LogP contribution >= 0.6 is 0 Å². The zero-order chi connectivity index (χ0) is 19.4. The molecular formula is C17H24F3N3O3. The van der Waals surface area contributed by atoms with Crippen LogP contribution in [0.25, 0.3) is 0 Å². The highest BCUT2D eigenvalue weighted by atomic mass is 19.4. The van der Waals surface area contributed by atoms with E-state index in [1.165, 1.54) is 12.3 Å². The van der Waals surface area contributed by atoms with E-state index in [0.717, 1.165) is 25.5 Å². The molecule has 1 amide bonds. The molecule has 1 saturated heterocycles. The van der Waals surface area contributed by atoms with Gasteiger partial charge in [-0.05, 0) is 52.3 Å². The molecule has 2 rings (SSSR count). The van der Waals surface area contributed by atoms with Crippen molar-refractivity contribution in [2.75, 3.05) is 13.2 Å². The maximum Gasteiger partial charge on any atom is 0.573 e. The number of amides is 1. The zero-order valence-electron chi connectivity index (χ0n) is 15.0. The molecule has 0 saturated carbocycles. The van der Waals surface area contributed by atoms with Crippen molar-refractivity contribution in [2.24, 2.45) is 5.41 Å². The van der Waals surface area contributed by atoms with Crippen molar-refractivity contribution in [2.45, 2.75) is 52.1 Å². The van der Waals surface area contributed by atoms with E-state index in [1.54, 1.807) is 13.8 Å². The minimum atomic E-state index is -4.85. The third-order valence-electron chi connectivity index (χ3n) is 4.11. The monoisotopic (exact) mass is 375 g/mol. The van der Waals surface area contributed by atoms with Gasteiger partial charge < -0.3 is 20.1 Å². The molecule has 2 heterocycles. The summed E-state index contributed by atoms with van der Waals surface area (Å²) in [6.45, 7) is 6.08. The van der Waals surface area contributed by atoms with Gasteiger partial charge in [0.25, 0.3) is 5.88 Å². The number of nitrogens with one attached hydrogen (secondary N) is 2. The summed E-state index contributed by atoms with van der Waals surface area (Å²) in [6.07, 6.45) is -1.90. The molecule has 0 unspecified atom stereocenters. The molecule has 1 aromatic heterocycles. The molecule has 9 heteroatoms. The molecule has 146 valence electrons. The Morgan fingerprint density at radius 1 is 1.42 bits per heavy atom. The average molecular weight is 375 g/mol. The molecule has 2 atom stereocenters. The predicted octanol–water partition coefficient (Wildman–Crippen LogP) is 2.64. The molecule has 2 N–H and O–H groups in total. The van der Waals surface area contributed by atoms with Crippen molar-refractivity contribution in [3.05, 3.63) is 18.3 Å². The normalized spacial score (nSPS) is 21.2. The fraction of sp³-hybridized carbons (Fsp3) is 0.647. The molecule has 0 bridgehead atoms. The SMILES string of the molecule is C[C@@H]1C[C@H](NC(=O)C(C)(C)COc2ncccc2OC(F)(F)F)CCN1. The number of halogens is 3. The minimum absolute atomic E-state index is 0.0667. The van der Waals surface area contributed by atoms with Crippen molar-refractivity contribution >= 4 is 5.91 Å². The van der Waals surface area contributed by atoms with Crippen LogP contribution in [0.1, 0.15) is 33.6 Å². The van der Waals surface area contributed by atoms with Gasteiger partial charge in [0.1, 0.15) is 6.61 Å². The lowest BCUT2D eigenvalue weighted by atomic mass is 9.91. The highest BCUT2D eigenvalue weighted by Crippen LogP contribution is 2.31. The Bertz CT molecular complexity index is 623. The molecule has 26 heavy (non-hydrogen) atoms. The fourth-order valence-electron chi connectivity index (χ4n) is 2.64. The lowest BCUT2D eigenvalue weighted by Gasteiger charge is -2.32. The first kappa shape index (κ1) is 20.3. The van der Waals surface area contributed by atoms with Crippen LogP contribution in [0.2, 0.25) is 0 Å². The number of carbonyl (C=O) groups excluding carboxylic acids is 1. The second kappa shape index (κ2) is 8.11. The summed E-state index contributed by atoms with van der Waals surface area (Å²) in [6, 6.07) is 2.81. The van der Waals surface area contributed by atoms with E-state index in [2.05, 4.69) is 27.3 Å². The van der Waals surface area contributed by atoms with Gasteiger partial charge in [-0.1, -0.05) is 0 Å². The number of nitrogens with zero attached hydrogens (tertiary/aromatic N) is 1. The number of aromatic nitrogens is 1. The summed E-state index contributed by atoms with van der Waals surface area (Å²) in [5.41, 5.74) is -0.943. The lowest BCUT2D eigenvalue weighted by Crippen LogP contribution is -2.50. The van der Waals surface area contributed by atoms with E-state index in [-0.39, 0.29) is 24.4 Å². The van der Waals surface area contributed by atoms with E-state index in [4.69, 9.17) is 4.74 Å². The molecule has 0 aromatic carbocycles. The molecule has 1 aliphatic heterocycles. The highest BCUT2D eigenvalue weighted by molar-refractivity contribution is 5.82. The highest BCUT2D eigenvalue weighted by Gasteiger charge is 2.34.